The van der Waals surface area contributed by atoms with E-state index in [2.05, 4.69) is 19.2 Å². The van der Waals surface area contributed by atoms with Crippen LogP contribution in [0.5, 0.6) is 0 Å². The molecule has 0 unspecified atom stereocenters. The van der Waals surface area contributed by atoms with Gasteiger partial charge in [0.15, 0.2) is 5.78 Å². The molecule has 1 fully saturated rings. The monoisotopic (exact) mass is 497 g/mol. The number of carbonyl (C=O) groups excluding carboxylic acids is 2. The summed E-state index contributed by atoms with van der Waals surface area (Å²) >= 11 is 1.25. The van der Waals surface area contributed by atoms with Gasteiger partial charge in [0.25, 0.3) is 5.56 Å². The Bertz CT molecular complexity index is 1230. The molecule has 1 aromatic carbocycles. The summed E-state index contributed by atoms with van der Waals surface area (Å²) < 4.78 is 2.45. The van der Waals surface area contributed by atoms with Crippen LogP contribution in [0.3, 0.4) is 0 Å². The number of benzene rings is 1. The van der Waals surface area contributed by atoms with Crippen LogP contribution in [0, 0.1) is 17.3 Å². The number of amides is 1. The van der Waals surface area contributed by atoms with Gasteiger partial charge in [-0.25, -0.2) is 0 Å². The number of aromatic nitrogens is 1. The van der Waals surface area contributed by atoms with E-state index in [1.807, 2.05) is 70.1 Å². The minimum atomic E-state index is -0.577. The van der Waals surface area contributed by atoms with Crippen LogP contribution in [0.1, 0.15) is 59.4 Å². The topological polar surface area (TPSA) is 71.4 Å². The van der Waals surface area contributed by atoms with Gasteiger partial charge in [-0.1, -0.05) is 59.6 Å². The number of anilines is 1. The number of rotatable bonds is 6. The number of nitrogens with one attached hydrogen (secondary N) is 1. The second-order valence-corrected chi connectivity index (χ2v) is 12.1. The van der Waals surface area contributed by atoms with Gasteiger partial charge in [-0.05, 0) is 42.0 Å². The van der Waals surface area contributed by atoms with E-state index < -0.39 is 5.41 Å². The average molecular weight is 498 g/mol. The summed E-state index contributed by atoms with van der Waals surface area (Å²) in [7, 11) is 3.95. The van der Waals surface area contributed by atoms with E-state index in [-0.39, 0.29) is 29.8 Å². The fraction of sp³-hybridized carbons (Fsp3) is 0.536. The second kappa shape index (κ2) is 10.9. The second-order valence-electron chi connectivity index (χ2n) is 11.0. The van der Waals surface area contributed by atoms with Crippen LogP contribution in [-0.2, 0) is 16.1 Å². The number of Topliss-reactive ketones (excluding diaryl/α,β-unsaturated/α-hetero) is 1. The van der Waals surface area contributed by atoms with Crippen LogP contribution >= 0.6 is 11.3 Å². The molecule has 1 amide bonds. The lowest BCUT2D eigenvalue weighted by molar-refractivity contribution is -0.123. The van der Waals surface area contributed by atoms with Gasteiger partial charge in [0.1, 0.15) is 11.2 Å². The van der Waals surface area contributed by atoms with E-state index in [0.29, 0.717) is 21.0 Å². The lowest BCUT2D eigenvalue weighted by Gasteiger charge is -2.34. The van der Waals surface area contributed by atoms with Crippen molar-refractivity contribution in [2.24, 2.45) is 17.3 Å². The Labute approximate surface area is 212 Å². The molecule has 7 heteroatoms. The van der Waals surface area contributed by atoms with Gasteiger partial charge in [0, 0.05) is 37.3 Å². The van der Waals surface area contributed by atoms with Crippen molar-refractivity contribution >= 4 is 40.9 Å². The maximum atomic E-state index is 13.4. The van der Waals surface area contributed by atoms with Gasteiger partial charge < -0.3 is 10.2 Å². The minimum Gasteiger partial charge on any atom is -0.378 e. The summed E-state index contributed by atoms with van der Waals surface area (Å²) in [5.74, 6) is 0.695. The van der Waals surface area contributed by atoms with Crippen molar-refractivity contribution in [3.05, 3.63) is 49.4 Å². The van der Waals surface area contributed by atoms with Crippen molar-refractivity contribution in [3.63, 3.8) is 0 Å². The zero-order valence-corrected chi connectivity index (χ0v) is 22.9. The summed E-state index contributed by atoms with van der Waals surface area (Å²) in [5.41, 5.74) is 1.13. The molecule has 0 bridgehead atoms. The van der Waals surface area contributed by atoms with E-state index in [1.165, 1.54) is 28.4 Å². The SMILES string of the molecule is C[C@H]1[C@H](C)CCC[C@@H]1NC(=O)Cn1c(=O)/c(=C/c2ccc(N(C)C)cc2)s/c1=C/C(=O)C(C)(C)C. The van der Waals surface area contributed by atoms with Crippen LogP contribution in [0.2, 0.25) is 0 Å². The normalized spacial score (nSPS) is 21.7. The molecule has 0 spiro atoms. The molecule has 1 saturated carbocycles. The first-order valence-electron chi connectivity index (χ1n) is 12.4. The molecular formula is C28H39N3O3S. The van der Waals surface area contributed by atoms with Gasteiger partial charge in [-0.15, -0.1) is 11.3 Å². The van der Waals surface area contributed by atoms with Gasteiger partial charge in [-0.2, -0.15) is 0 Å². The first-order chi connectivity index (χ1) is 16.4. The molecule has 3 rings (SSSR count). The highest BCUT2D eigenvalue weighted by molar-refractivity contribution is 7.07. The van der Waals surface area contributed by atoms with Gasteiger partial charge in [0.2, 0.25) is 5.91 Å². The molecule has 0 aliphatic heterocycles. The molecule has 1 aromatic heterocycles. The Morgan fingerprint density at radius 1 is 1.14 bits per heavy atom. The summed E-state index contributed by atoms with van der Waals surface area (Å²) in [6, 6.07) is 8.02. The predicted molar refractivity (Wildman–Crippen MR) is 145 cm³/mol. The van der Waals surface area contributed by atoms with Gasteiger partial charge in [-0.3, -0.25) is 19.0 Å². The molecule has 3 atom stereocenters. The third-order valence-electron chi connectivity index (χ3n) is 6.99. The zero-order chi connectivity index (χ0) is 25.9. The Kier molecular flexibility index (Phi) is 8.42. The summed E-state index contributed by atoms with van der Waals surface area (Å²) in [5, 5.41) is 3.15. The summed E-state index contributed by atoms with van der Waals surface area (Å²) in [4.78, 5) is 41.2. The molecule has 0 saturated heterocycles. The molecule has 1 aliphatic carbocycles. The summed E-state index contributed by atoms with van der Waals surface area (Å²) in [6.07, 6.45) is 6.57. The number of ketones is 1. The lowest BCUT2D eigenvalue weighted by Crippen LogP contribution is -2.46. The largest absolute Gasteiger partial charge is 0.378 e. The van der Waals surface area contributed by atoms with Crippen LogP contribution in [-0.4, -0.2) is 36.4 Å². The Morgan fingerprint density at radius 2 is 1.80 bits per heavy atom. The Morgan fingerprint density at radius 3 is 2.40 bits per heavy atom. The van der Waals surface area contributed by atoms with Crippen molar-refractivity contribution < 1.29 is 9.59 Å². The molecule has 2 aromatic rings. The lowest BCUT2D eigenvalue weighted by atomic mass is 9.78. The molecule has 1 aliphatic rings. The van der Waals surface area contributed by atoms with Crippen LogP contribution in [0.15, 0.2) is 29.1 Å². The number of thiazole rings is 1. The van der Waals surface area contributed by atoms with Gasteiger partial charge in [0.05, 0.1) is 4.53 Å². The molecule has 1 N–H and O–H groups in total. The van der Waals surface area contributed by atoms with Crippen LogP contribution < -0.4 is 25.0 Å². The number of carbonyl (C=O) groups is 2. The van der Waals surface area contributed by atoms with Crippen molar-refractivity contribution in [3.8, 4) is 0 Å². The maximum Gasteiger partial charge on any atom is 0.269 e. The Balaban J connectivity index is 1.98. The van der Waals surface area contributed by atoms with Crippen LogP contribution in [0.25, 0.3) is 12.2 Å². The van der Waals surface area contributed by atoms with Gasteiger partial charge >= 0.3 is 0 Å². The van der Waals surface area contributed by atoms with E-state index in [0.717, 1.165) is 24.1 Å². The van der Waals surface area contributed by atoms with E-state index in [9.17, 15) is 14.4 Å². The highest BCUT2D eigenvalue weighted by Crippen LogP contribution is 2.29. The fourth-order valence-electron chi connectivity index (χ4n) is 4.32. The number of hydrogen-bond donors (Lipinski definition) is 1. The zero-order valence-electron chi connectivity index (χ0n) is 22.1. The first kappa shape index (κ1) is 26.9. The molecule has 35 heavy (non-hydrogen) atoms. The Hall–Kier alpha value is -2.67. The predicted octanol–water partition coefficient (Wildman–Crippen LogP) is 3.14. The standard InChI is InChI=1S/C28H39N3O3S/c1-18-9-8-10-22(19(18)2)29-25(33)17-31-26(16-24(32)28(3,4)5)35-23(27(31)34)15-20-11-13-21(14-12-20)30(6)7/h11-16,18-19,22H,8-10,17H2,1-7H3,(H,29,33)/b23-15-,26-16+/t18-,19+,22+/m1/s1. The smallest absolute Gasteiger partial charge is 0.269 e. The van der Waals surface area contributed by atoms with Crippen molar-refractivity contribution in [1.82, 2.24) is 9.88 Å². The van der Waals surface area contributed by atoms with Crippen molar-refractivity contribution in [1.29, 1.82) is 0 Å². The quantitative estimate of drug-likeness (QED) is 0.666. The van der Waals surface area contributed by atoms with Crippen molar-refractivity contribution in [2.45, 2.75) is 66.5 Å². The maximum absolute atomic E-state index is 13.4. The first-order valence-corrected chi connectivity index (χ1v) is 13.2. The molecule has 0 radical (unpaired) electrons. The highest BCUT2D eigenvalue weighted by atomic mass is 32.1. The number of nitrogens with zero attached hydrogens (tertiary/aromatic N) is 2. The molecule has 6 nitrogen and oxygen atoms in total. The average Bonchev–Trinajstić information content (AvgIpc) is 3.05. The van der Waals surface area contributed by atoms with E-state index in [1.54, 1.807) is 0 Å². The minimum absolute atomic E-state index is 0.0791. The molecule has 1 heterocycles. The third kappa shape index (κ3) is 6.72. The third-order valence-corrected chi connectivity index (χ3v) is 8.05. The van der Waals surface area contributed by atoms with Crippen LogP contribution in [0.4, 0.5) is 5.69 Å². The summed E-state index contributed by atoms with van der Waals surface area (Å²) in [6.45, 7) is 9.86. The fourth-order valence-corrected chi connectivity index (χ4v) is 5.36. The molecular weight excluding hydrogens is 458 g/mol. The van der Waals surface area contributed by atoms with E-state index >= 15 is 0 Å². The molecule has 190 valence electrons. The number of hydrogen-bond acceptors (Lipinski definition) is 5. The van der Waals surface area contributed by atoms with E-state index in [4.69, 9.17) is 0 Å². The highest BCUT2D eigenvalue weighted by Gasteiger charge is 2.28. The van der Waals surface area contributed by atoms with Crippen molar-refractivity contribution in [2.75, 3.05) is 19.0 Å².